The van der Waals surface area contributed by atoms with Gasteiger partial charge in [-0.1, -0.05) is 0 Å². The number of carbonyl (C=O) groups is 2. The van der Waals surface area contributed by atoms with Crippen molar-refractivity contribution in [2.24, 2.45) is 0 Å². The maximum Gasteiger partial charge on any atom is 0.332 e. The minimum absolute atomic E-state index is 0.112. The highest BCUT2D eigenvalue weighted by Gasteiger charge is 2.24. The van der Waals surface area contributed by atoms with Crippen molar-refractivity contribution >= 4 is 45.4 Å². The Labute approximate surface area is 324 Å². The molecule has 0 saturated heterocycles. The zero-order valence-corrected chi connectivity index (χ0v) is 32.5. The third-order valence-corrected chi connectivity index (χ3v) is 7.58. The van der Waals surface area contributed by atoms with Gasteiger partial charge in [-0.05, 0) is 84.9 Å². The molecule has 16 heteroatoms. The van der Waals surface area contributed by atoms with Crippen LogP contribution in [0, 0.1) is 0 Å². The molecule has 0 fully saturated rings. The number of aromatic nitrogens is 8. The first-order valence-electron chi connectivity index (χ1n) is 17.8. The number of ether oxygens (including phenoxy) is 3. The number of carboxylic acid groups (broad SMARTS) is 1. The molecule has 0 amide bonds. The zero-order valence-electron chi connectivity index (χ0n) is 32.5. The van der Waals surface area contributed by atoms with Gasteiger partial charge in [0.05, 0.1) is 47.7 Å². The second kappa shape index (κ2) is 17.9. The number of carbonyl (C=O) groups excluding carboxylic acids is 1. The third-order valence-electron chi connectivity index (χ3n) is 7.58. The topological polar surface area (TPSA) is 209 Å². The summed E-state index contributed by atoms with van der Waals surface area (Å²) in [7, 11) is 0. The van der Waals surface area contributed by atoms with Crippen molar-refractivity contribution in [3.63, 3.8) is 0 Å². The fraction of sp³-hybridized carbons (Fsp3) is 0.350. The van der Waals surface area contributed by atoms with E-state index < -0.39 is 28.6 Å². The van der Waals surface area contributed by atoms with Crippen molar-refractivity contribution < 1.29 is 28.9 Å². The van der Waals surface area contributed by atoms with E-state index in [9.17, 15) is 9.59 Å². The first-order valence-corrected chi connectivity index (χ1v) is 17.8. The zero-order chi connectivity index (χ0) is 40.3. The lowest BCUT2D eigenvalue weighted by molar-refractivity contribution is -0.160. The Morgan fingerprint density at radius 3 is 1.41 bits per heavy atom. The minimum Gasteiger partial charge on any atom is -0.480 e. The summed E-state index contributed by atoms with van der Waals surface area (Å²) in [5, 5.41) is 17.2. The van der Waals surface area contributed by atoms with E-state index in [0.29, 0.717) is 28.8 Å². The number of rotatable bonds is 14. The molecule has 56 heavy (non-hydrogen) atoms. The van der Waals surface area contributed by atoms with Gasteiger partial charge in [-0.15, -0.1) is 0 Å². The Morgan fingerprint density at radius 2 is 1.00 bits per heavy atom. The predicted molar refractivity (Wildman–Crippen MR) is 212 cm³/mol. The smallest absolute Gasteiger partial charge is 0.332 e. The molecule has 6 aromatic heterocycles. The molecule has 0 bridgehead atoms. The Kier molecular flexibility index (Phi) is 13.1. The van der Waals surface area contributed by atoms with Crippen molar-refractivity contribution in [2.45, 2.75) is 65.1 Å². The molecule has 0 atom stereocenters. The number of hydrogen-bond acceptors (Lipinski definition) is 15. The molecule has 0 aromatic carbocycles. The maximum atomic E-state index is 11.9. The normalized spacial score (nSPS) is 11.8. The molecule has 0 saturated carbocycles. The monoisotopic (exact) mass is 762 g/mol. The van der Waals surface area contributed by atoms with Crippen molar-refractivity contribution in [2.75, 3.05) is 37.1 Å². The number of nitrogens with zero attached hydrogens (tertiary/aromatic N) is 8. The number of carboxylic acids is 1. The van der Waals surface area contributed by atoms with Gasteiger partial charge in [0, 0.05) is 59.1 Å². The molecule has 0 aliphatic heterocycles. The van der Waals surface area contributed by atoms with E-state index >= 15 is 0 Å². The summed E-state index contributed by atoms with van der Waals surface area (Å²) >= 11 is 0. The summed E-state index contributed by atoms with van der Waals surface area (Å²) in [5.41, 5.74) is 1.57. The molecule has 0 aliphatic carbocycles. The molecule has 16 nitrogen and oxygen atoms in total. The number of esters is 1. The van der Waals surface area contributed by atoms with Gasteiger partial charge < -0.3 is 30.0 Å². The van der Waals surface area contributed by atoms with Crippen LogP contribution < -0.4 is 10.6 Å². The number of nitrogens with one attached hydrogen (secondary N) is 2. The summed E-state index contributed by atoms with van der Waals surface area (Å²) in [6.07, 6.45) is 13.5. The summed E-state index contributed by atoms with van der Waals surface area (Å²) in [5.74, 6) is 1.04. The molecular formula is C40H46N10O6. The quantitative estimate of drug-likeness (QED) is 0.108. The Balaban J connectivity index is 0.000000216. The fourth-order valence-corrected chi connectivity index (χ4v) is 5.28. The van der Waals surface area contributed by atoms with Crippen LogP contribution in [0.3, 0.4) is 0 Å². The SMILES string of the molecule is CC(C)(COCC(=O)O)Nc1nc(-c2ccncc2)nc2cnccc12.CC(C)(COCC(=O)OC(C)(C)C)Nc1nc(-c2ccncc2)nc2cnccc12. The minimum atomic E-state index is -1.00. The lowest BCUT2D eigenvalue weighted by atomic mass is 10.1. The molecule has 292 valence electrons. The van der Waals surface area contributed by atoms with Crippen LogP contribution in [0.2, 0.25) is 0 Å². The summed E-state index contributed by atoms with van der Waals surface area (Å²) in [4.78, 5) is 57.5. The van der Waals surface area contributed by atoms with Gasteiger partial charge >= 0.3 is 11.9 Å². The number of anilines is 2. The molecule has 0 unspecified atom stereocenters. The van der Waals surface area contributed by atoms with E-state index in [2.05, 4.69) is 45.5 Å². The highest BCUT2D eigenvalue weighted by Crippen LogP contribution is 2.28. The average Bonchev–Trinajstić information content (AvgIpc) is 3.14. The maximum absolute atomic E-state index is 11.9. The van der Waals surface area contributed by atoms with Crippen LogP contribution in [-0.2, 0) is 23.8 Å². The summed E-state index contributed by atoms with van der Waals surface area (Å²) in [6.45, 7) is 13.3. The number of aliphatic carboxylic acids is 1. The fourth-order valence-electron chi connectivity index (χ4n) is 5.28. The number of pyridine rings is 4. The molecule has 0 radical (unpaired) electrons. The summed E-state index contributed by atoms with van der Waals surface area (Å²) in [6, 6.07) is 11.1. The highest BCUT2D eigenvalue weighted by atomic mass is 16.6. The van der Waals surface area contributed by atoms with Crippen LogP contribution in [0.1, 0.15) is 48.5 Å². The highest BCUT2D eigenvalue weighted by molar-refractivity contribution is 5.91. The molecule has 0 spiro atoms. The number of fused-ring (bicyclic) bond motifs is 2. The van der Waals surface area contributed by atoms with Crippen LogP contribution in [-0.4, -0.2) is 100 Å². The first-order chi connectivity index (χ1) is 26.6. The van der Waals surface area contributed by atoms with Gasteiger partial charge in [0.25, 0.3) is 0 Å². The second-order valence-corrected chi connectivity index (χ2v) is 15.0. The molecule has 6 heterocycles. The lowest BCUT2D eigenvalue weighted by Gasteiger charge is -2.27. The summed E-state index contributed by atoms with van der Waals surface area (Å²) < 4.78 is 16.1. The molecule has 6 aromatic rings. The third kappa shape index (κ3) is 12.1. The van der Waals surface area contributed by atoms with E-state index in [0.717, 1.165) is 27.4 Å². The predicted octanol–water partition coefficient (Wildman–Crippen LogP) is 6.01. The van der Waals surface area contributed by atoms with Crippen molar-refractivity contribution in [1.29, 1.82) is 0 Å². The van der Waals surface area contributed by atoms with E-state index in [4.69, 9.17) is 24.3 Å². The largest absolute Gasteiger partial charge is 0.480 e. The van der Waals surface area contributed by atoms with Gasteiger partial charge in [-0.2, -0.15) is 0 Å². The van der Waals surface area contributed by atoms with E-state index in [1.54, 1.807) is 49.6 Å². The van der Waals surface area contributed by atoms with Crippen molar-refractivity contribution in [3.8, 4) is 22.8 Å². The average molecular weight is 763 g/mol. The van der Waals surface area contributed by atoms with Gasteiger partial charge in [0.2, 0.25) is 0 Å². The second-order valence-electron chi connectivity index (χ2n) is 15.0. The van der Waals surface area contributed by atoms with Crippen LogP contribution in [0.4, 0.5) is 11.6 Å². The van der Waals surface area contributed by atoms with Crippen LogP contribution in [0.15, 0.2) is 86.0 Å². The first kappa shape index (κ1) is 40.9. The lowest BCUT2D eigenvalue weighted by Crippen LogP contribution is -2.38. The molecule has 3 N–H and O–H groups in total. The van der Waals surface area contributed by atoms with Crippen LogP contribution in [0.25, 0.3) is 44.6 Å². The molecular weight excluding hydrogens is 717 g/mol. The van der Waals surface area contributed by atoms with E-state index in [1.807, 2.05) is 84.9 Å². The Bertz CT molecular complexity index is 2250. The van der Waals surface area contributed by atoms with Gasteiger partial charge in [0.1, 0.15) is 30.5 Å². The number of hydrogen-bond donors (Lipinski definition) is 3. The molecule has 6 rings (SSSR count). The van der Waals surface area contributed by atoms with Crippen LogP contribution in [0.5, 0.6) is 0 Å². The van der Waals surface area contributed by atoms with E-state index in [1.165, 1.54) is 0 Å². The van der Waals surface area contributed by atoms with Crippen molar-refractivity contribution in [1.82, 2.24) is 39.9 Å². The Morgan fingerprint density at radius 1 is 0.589 bits per heavy atom. The van der Waals surface area contributed by atoms with Gasteiger partial charge in [0.15, 0.2) is 11.6 Å². The molecule has 0 aliphatic rings. The standard InChI is InChI=1S/C22H27N5O3.C18H19N5O3/c1-21(2,3)30-18(28)13-29-14-22(4,5)27-20-16-8-11-24-12-17(16)25-19(26-20)15-6-9-23-10-7-15;1-18(2,11-26-10-15(24)25)23-17-13-5-8-20-9-14(13)21-16(22-17)12-3-6-19-7-4-12/h6-12H,13-14H2,1-5H3,(H,25,26,27);3-9H,10-11H2,1-2H3,(H,24,25)(H,21,22,23). The van der Waals surface area contributed by atoms with Crippen LogP contribution >= 0.6 is 0 Å². The Hall–Kier alpha value is -6.26. The van der Waals surface area contributed by atoms with Gasteiger partial charge in [-0.25, -0.2) is 29.5 Å². The van der Waals surface area contributed by atoms with E-state index in [-0.39, 0.29) is 26.4 Å². The van der Waals surface area contributed by atoms with Gasteiger partial charge in [-0.3, -0.25) is 19.9 Å². The van der Waals surface area contributed by atoms with Crippen molar-refractivity contribution in [3.05, 3.63) is 86.0 Å².